The van der Waals surface area contributed by atoms with Crippen LogP contribution in [0.15, 0.2) is 68.2 Å². The summed E-state index contributed by atoms with van der Waals surface area (Å²) in [5.41, 5.74) is 1.35. The predicted octanol–water partition coefficient (Wildman–Crippen LogP) is 4.10. The largest absolute Gasteiger partial charge is 0.474 e. The molecular weight excluding hydrogens is 196 g/mol. The number of benzene rings is 1. The Morgan fingerprint density at radius 2 is 1.94 bits per heavy atom. The Bertz CT molecular complexity index is 338. The fourth-order valence-corrected chi connectivity index (χ4v) is 1.47. The van der Waals surface area contributed by atoms with Gasteiger partial charge < -0.3 is 4.74 Å². The average Bonchev–Trinajstić information content (AvgIpc) is 2.35. The van der Waals surface area contributed by atoms with Gasteiger partial charge in [0.25, 0.3) is 0 Å². The summed E-state index contributed by atoms with van der Waals surface area (Å²) in [5.74, 6) is 0.347. The first-order valence-corrected chi connectivity index (χ1v) is 5.46. The maximum atomic E-state index is 4.95. The summed E-state index contributed by atoms with van der Waals surface area (Å²) in [6.45, 7) is 7.30. The van der Waals surface area contributed by atoms with Gasteiger partial charge in [-0.25, -0.2) is 0 Å². The first kappa shape index (κ1) is 12.3. The zero-order valence-corrected chi connectivity index (χ0v) is 9.51. The van der Waals surface area contributed by atoms with Crippen LogP contribution in [0.25, 0.3) is 0 Å². The Labute approximate surface area is 97.8 Å². The lowest BCUT2D eigenvalue weighted by Gasteiger charge is -2.06. The van der Waals surface area contributed by atoms with E-state index in [1.807, 2.05) is 18.2 Å². The third kappa shape index (κ3) is 4.65. The van der Waals surface area contributed by atoms with Crippen LogP contribution in [0.5, 0.6) is 0 Å². The van der Waals surface area contributed by atoms with Gasteiger partial charge in [-0.1, -0.05) is 43.0 Å². The van der Waals surface area contributed by atoms with Crippen LogP contribution < -0.4 is 0 Å². The summed E-state index contributed by atoms with van der Waals surface area (Å²) >= 11 is 0. The van der Waals surface area contributed by atoms with Crippen LogP contribution in [0, 0.1) is 5.92 Å². The van der Waals surface area contributed by atoms with Gasteiger partial charge >= 0.3 is 0 Å². The Morgan fingerprint density at radius 1 is 1.19 bits per heavy atom. The van der Waals surface area contributed by atoms with Gasteiger partial charge in [0.15, 0.2) is 0 Å². The summed E-state index contributed by atoms with van der Waals surface area (Å²) in [6, 6.07) is 10.4. The number of ether oxygens (including phenoxy) is 1. The van der Waals surface area contributed by atoms with Crippen LogP contribution >= 0.6 is 0 Å². The molecule has 0 amide bonds. The summed E-state index contributed by atoms with van der Waals surface area (Å²) in [7, 11) is 0. The molecule has 1 atom stereocenters. The van der Waals surface area contributed by atoms with E-state index in [0.29, 0.717) is 5.92 Å². The minimum atomic E-state index is 0.347. The highest BCUT2D eigenvalue weighted by Crippen LogP contribution is 2.12. The fraction of sp³-hybridized carbons (Fsp3) is 0.200. The molecule has 0 aliphatic rings. The van der Waals surface area contributed by atoms with Crippen molar-refractivity contribution in [2.75, 3.05) is 0 Å². The molecule has 1 nitrogen and oxygen atoms in total. The lowest BCUT2D eigenvalue weighted by atomic mass is 10.00. The van der Waals surface area contributed by atoms with Crippen molar-refractivity contribution in [2.45, 2.75) is 12.8 Å². The molecule has 0 aliphatic heterocycles. The molecule has 1 aromatic carbocycles. The second-order valence-electron chi connectivity index (χ2n) is 3.56. The average molecular weight is 214 g/mol. The van der Waals surface area contributed by atoms with E-state index in [1.165, 1.54) is 11.8 Å². The maximum absolute atomic E-state index is 4.95. The summed E-state index contributed by atoms with van der Waals surface area (Å²) in [5, 5.41) is 0. The van der Waals surface area contributed by atoms with Crippen LogP contribution in [0.3, 0.4) is 0 Å². The van der Waals surface area contributed by atoms with Gasteiger partial charge in [-0.05, 0) is 30.4 Å². The molecule has 1 aromatic rings. The van der Waals surface area contributed by atoms with Crippen LogP contribution in [-0.4, -0.2) is 0 Å². The van der Waals surface area contributed by atoms with E-state index in [-0.39, 0.29) is 0 Å². The molecule has 1 heteroatoms. The lowest BCUT2D eigenvalue weighted by Crippen LogP contribution is -1.95. The lowest BCUT2D eigenvalue weighted by molar-refractivity contribution is 0.400. The number of rotatable bonds is 7. The highest BCUT2D eigenvalue weighted by atomic mass is 16.5. The molecule has 0 heterocycles. The van der Waals surface area contributed by atoms with E-state index >= 15 is 0 Å². The molecule has 16 heavy (non-hydrogen) atoms. The van der Waals surface area contributed by atoms with Crippen molar-refractivity contribution >= 4 is 0 Å². The van der Waals surface area contributed by atoms with Gasteiger partial charge in [-0.15, -0.1) is 6.58 Å². The fourth-order valence-electron chi connectivity index (χ4n) is 1.47. The first-order valence-electron chi connectivity index (χ1n) is 5.46. The SMILES string of the molecule is C=CO/C=C/C(C=C)CCc1ccccc1. The monoisotopic (exact) mass is 214 g/mol. The second-order valence-corrected chi connectivity index (χ2v) is 3.56. The third-order valence-electron chi connectivity index (χ3n) is 2.41. The molecule has 1 rings (SSSR count). The zero-order valence-electron chi connectivity index (χ0n) is 9.51. The van der Waals surface area contributed by atoms with Crippen molar-refractivity contribution in [3.8, 4) is 0 Å². The van der Waals surface area contributed by atoms with E-state index in [9.17, 15) is 0 Å². The van der Waals surface area contributed by atoms with Gasteiger partial charge in [0.1, 0.15) is 0 Å². The van der Waals surface area contributed by atoms with E-state index in [2.05, 4.69) is 37.4 Å². The Balaban J connectivity index is 2.40. The Hall–Kier alpha value is -1.76. The summed E-state index contributed by atoms with van der Waals surface area (Å²) < 4.78 is 4.95. The third-order valence-corrected chi connectivity index (χ3v) is 2.41. The van der Waals surface area contributed by atoms with Crippen molar-refractivity contribution in [3.05, 3.63) is 73.7 Å². The molecule has 0 saturated heterocycles. The first-order chi connectivity index (χ1) is 7.86. The minimum Gasteiger partial charge on any atom is -0.474 e. The smallest absolute Gasteiger partial charge is 0.0867 e. The molecule has 1 unspecified atom stereocenters. The van der Waals surface area contributed by atoms with Crippen molar-refractivity contribution in [1.29, 1.82) is 0 Å². The van der Waals surface area contributed by atoms with E-state index < -0.39 is 0 Å². The molecule has 0 radical (unpaired) electrons. The molecule has 0 fully saturated rings. The number of hydrogen-bond donors (Lipinski definition) is 0. The van der Waals surface area contributed by atoms with E-state index in [0.717, 1.165) is 12.8 Å². The van der Waals surface area contributed by atoms with Crippen molar-refractivity contribution in [2.24, 2.45) is 5.92 Å². The van der Waals surface area contributed by atoms with E-state index in [1.54, 1.807) is 6.26 Å². The van der Waals surface area contributed by atoms with Gasteiger partial charge in [0.2, 0.25) is 0 Å². The Morgan fingerprint density at radius 3 is 2.56 bits per heavy atom. The van der Waals surface area contributed by atoms with Gasteiger partial charge in [-0.3, -0.25) is 0 Å². The van der Waals surface area contributed by atoms with E-state index in [4.69, 9.17) is 4.74 Å². The van der Waals surface area contributed by atoms with Gasteiger partial charge in [0.05, 0.1) is 12.5 Å². The van der Waals surface area contributed by atoms with Gasteiger partial charge in [-0.2, -0.15) is 0 Å². The maximum Gasteiger partial charge on any atom is 0.0867 e. The van der Waals surface area contributed by atoms with Crippen molar-refractivity contribution < 1.29 is 4.74 Å². The number of allylic oxidation sites excluding steroid dienone is 2. The Kier molecular flexibility index (Phi) is 5.79. The predicted molar refractivity (Wildman–Crippen MR) is 68.9 cm³/mol. The number of aryl methyl sites for hydroxylation is 1. The molecule has 0 aromatic heterocycles. The molecule has 0 saturated carbocycles. The minimum absolute atomic E-state index is 0.347. The number of hydrogen-bond acceptors (Lipinski definition) is 1. The molecule has 84 valence electrons. The van der Waals surface area contributed by atoms with Crippen LogP contribution in [0.4, 0.5) is 0 Å². The summed E-state index contributed by atoms with van der Waals surface area (Å²) in [6.07, 6.45) is 9.10. The van der Waals surface area contributed by atoms with Crippen molar-refractivity contribution in [3.63, 3.8) is 0 Å². The standard InChI is InChI=1S/C15H18O/c1-3-14(12-13-16-4-2)10-11-15-8-6-5-7-9-15/h3-9,12-14H,1-2,10-11H2/b13-12+. The summed E-state index contributed by atoms with van der Waals surface area (Å²) in [4.78, 5) is 0. The molecule has 0 bridgehead atoms. The molecule has 0 aliphatic carbocycles. The molecular formula is C15H18O. The quantitative estimate of drug-likeness (QED) is 0.490. The second kappa shape index (κ2) is 7.52. The normalized spacial score (nSPS) is 12.2. The van der Waals surface area contributed by atoms with Crippen molar-refractivity contribution in [1.82, 2.24) is 0 Å². The molecule has 0 spiro atoms. The van der Waals surface area contributed by atoms with Gasteiger partial charge in [0, 0.05) is 0 Å². The highest BCUT2D eigenvalue weighted by Gasteiger charge is 2.00. The van der Waals surface area contributed by atoms with Crippen LogP contribution in [0.1, 0.15) is 12.0 Å². The van der Waals surface area contributed by atoms with Crippen LogP contribution in [-0.2, 0) is 11.2 Å². The zero-order chi connectivity index (χ0) is 11.6. The molecule has 0 N–H and O–H groups in total. The topological polar surface area (TPSA) is 9.23 Å². The van der Waals surface area contributed by atoms with Crippen LogP contribution in [0.2, 0.25) is 0 Å². The highest BCUT2D eigenvalue weighted by molar-refractivity contribution is 5.15.